The fourth-order valence-electron chi connectivity index (χ4n) is 20.2. The van der Waals surface area contributed by atoms with Crippen molar-refractivity contribution < 1.29 is 92.7 Å². The van der Waals surface area contributed by atoms with Gasteiger partial charge < -0.3 is 60.8 Å². The van der Waals surface area contributed by atoms with Crippen molar-refractivity contribution in [3.05, 3.63) is 229 Å². The highest BCUT2D eigenvalue weighted by Gasteiger charge is 2.62. The van der Waals surface area contributed by atoms with E-state index in [0.29, 0.717) is 177 Å². The topological polar surface area (TPSA) is 440 Å². The Balaban J connectivity index is 0.000000124. The molecule has 0 radical (unpaired) electrons. The van der Waals surface area contributed by atoms with Crippen LogP contribution in [0.15, 0.2) is 84.2 Å². The molecule has 0 spiro atoms. The highest BCUT2D eigenvalue weighted by Crippen LogP contribution is 2.58. The van der Waals surface area contributed by atoms with Gasteiger partial charge in [0.05, 0.1) is 56.4 Å². The number of terminal acetylenes is 1. The van der Waals surface area contributed by atoms with Crippen LogP contribution < -0.4 is 42.5 Å². The maximum atomic E-state index is 14.7. The van der Waals surface area contributed by atoms with Crippen LogP contribution in [-0.4, -0.2) is 152 Å². The zero-order chi connectivity index (χ0) is 99.8. The number of carbonyl (C=O) groups is 12. The zero-order valence-corrected chi connectivity index (χ0v) is 78.7. The first-order chi connectivity index (χ1) is 66.5. The van der Waals surface area contributed by atoms with E-state index >= 15 is 0 Å². The molecule has 13 heterocycles. The van der Waals surface area contributed by atoms with Crippen molar-refractivity contribution >= 4 is 127 Å². The van der Waals surface area contributed by atoms with Crippen LogP contribution in [0.4, 0.5) is 57.9 Å². The molecular formula is C96H90ClF8N21O12S2. The molecule has 2 unspecified atom stereocenters. The summed E-state index contributed by atoms with van der Waals surface area (Å²) in [5.74, 6) is -13.2. The number of nitrogens with zero attached hydrogens (tertiary/aromatic N) is 12. The number of alkyl halides is 6. The molecule has 4 aliphatic heterocycles. The van der Waals surface area contributed by atoms with E-state index in [1.807, 2.05) is 16.1 Å². The Kier molecular flexibility index (Phi) is 24.9. The van der Waals surface area contributed by atoms with Gasteiger partial charge in [-0.1, -0.05) is 29.7 Å². The molecule has 140 heavy (non-hydrogen) atoms. The van der Waals surface area contributed by atoms with Crippen LogP contribution in [0.3, 0.4) is 0 Å². The van der Waals surface area contributed by atoms with Crippen molar-refractivity contribution in [2.75, 3.05) is 21.3 Å². The first-order valence-corrected chi connectivity index (χ1v) is 47.3. The molecule has 726 valence electrons. The Morgan fingerprint density at radius 3 is 1.39 bits per heavy atom. The molecule has 0 bridgehead atoms. The van der Waals surface area contributed by atoms with E-state index in [9.17, 15) is 92.7 Å². The number of halogens is 9. The number of aryl methyl sites for hydroxylation is 2. The average Bonchev–Trinajstić information content (AvgIpc) is 1.54. The van der Waals surface area contributed by atoms with E-state index in [-0.39, 0.29) is 57.2 Å². The van der Waals surface area contributed by atoms with Gasteiger partial charge in [0.2, 0.25) is 0 Å². The maximum Gasteiger partial charge on any atom is 0.293 e. The number of pyridine rings is 2. The van der Waals surface area contributed by atoms with E-state index < -0.39 is 160 Å². The van der Waals surface area contributed by atoms with Gasteiger partial charge >= 0.3 is 0 Å². The third kappa shape index (κ3) is 17.8. The predicted octanol–water partition coefficient (Wildman–Crippen LogP) is 14.2. The lowest BCUT2D eigenvalue weighted by Gasteiger charge is -2.46. The summed E-state index contributed by atoms with van der Waals surface area (Å²) in [7, 11) is 0. The summed E-state index contributed by atoms with van der Waals surface area (Å²) < 4.78 is 118. The van der Waals surface area contributed by atoms with Crippen LogP contribution in [0.2, 0.25) is 5.02 Å². The van der Waals surface area contributed by atoms with Crippen molar-refractivity contribution in [1.82, 2.24) is 85.3 Å². The number of ketones is 4. The average molecular weight is 1980 g/mol. The standard InChI is InChI=1S/C24H22ClF2N3O3.C24H23F4N7O3.C24H23FN6O3S.C24H22FN5O3S/c1-4-23(11-24(26,27)12-23)29-22(33)20(31)18-14(3)19(30-9-5-6-17(18)30)21(32)28-15-8-7-13(2)16(25)10-15;1-11-16(20(36)22(38)32-23(9-24(27,28)10-23)15-8-30-34-33-15)14-4-3-7-35(14)19(11)21(37)31-13-5-6-29-18(12(2)25)17(13)26;1-11-18(20(32)22(34)29-24(4-5-24)23-30-27-10-35-23)17-8-13-7-16(13)31(17)19(11)21(33)28-14-3-6-26-15(9-14)12(2)25;1-11-3-4-14(9-15(11)25)27-21(32)19-12(2)18(17-8-13-7-16(13)30(17)19)20(31)22(33)28-24(5-6-24)23-29-26-10-34-23/h1,7-8,10H,5-6,9,11-12H2,2-3H3,(H,28,32)(H,29,33);5-6,8,12H,3-4,7,9-10H2,1-2H3,(H,32,38)(H,29,31,37)(H,30,33,34);3,6,9-10,12-13,16H,4-5,7-8H2,1-2H3,(H,29,34)(H,26,28,33);3-4,9-10,13,16H,5-8H2,1-2H3,(H,27,32)(H,28,33)/t;;12?,13-,16-;13-,16-/m..11/s1. The number of Topliss-reactive ketones (excluding diaryl/α,β-unsaturated/α-hetero) is 4. The third-order valence-electron chi connectivity index (χ3n) is 27.6. The van der Waals surface area contributed by atoms with Crippen LogP contribution in [0.5, 0.6) is 0 Å². The number of anilines is 4. The normalized spacial score (nSPS) is 19.4. The number of carbonyl (C=O) groups excluding carboxylic acids is 12. The Bertz CT molecular complexity index is 7090. The number of hydrogen-bond acceptors (Lipinski definition) is 22. The molecule has 2 aromatic carbocycles. The fraction of sp³-hybridized carbons (Fsp3) is 0.396. The second kappa shape index (κ2) is 36.2. The van der Waals surface area contributed by atoms with Crippen LogP contribution in [0, 0.1) is 77.4 Å². The van der Waals surface area contributed by atoms with E-state index in [1.54, 1.807) is 84.2 Å². The lowest BCUT2D eigenvalue weighted by atomic mass is 9.71. The highest BCUT2D eigenvalue weighted by molar-refractivity contribution is 7.09. The first kappa shape index (κ1) is 96.1. The number of H-pyrrole nitrogens is 1. The summed E-state index contributed by atoms with van der Waals surface area (Å²) in [4.78, 5) is 166. The van der Waals surface area contributed by atoms with Crippen LogP contribution in [0.1, 0.15) is 282 Å². The zero-order valence-electron chi connectivity index (χ0n) is 76.3. The smallest absolute Gasteiger partial charge is 0.293 e. The van der Waals surface area contributed by atoms with E-state index in [1.165, 1.54) is 67.1 Å². The largest absolute Gasteiger partial charge is 0.340 e. The van der Waals surface area contributed by atoms with Gasteiger partial charge in [-0.2, -0.15) is 15.4 Å². The fourth-order valence-corrected chi connectivity index (χ4v) is 21.9. The number of aromatic amines is 1. The lowest BCUT2D eigenvalue weighted by molar-refractivity contribution is -0.148. The number of nitrogens with one attached hydrogen (secondary N) is 9. The predicted molar refractivity (Wildman–Crippen MR) is 491 cm³/mol. The SMILES string of the molecule is C#CC1(NC(=O)C(=O)c2c(C)c(C(=O)Nc3ccc(C)c(Cl)c3)n3c2CCC3)CC(F)(F)C1.Cc1c(C(=O)C(=O)NC2(c3cn[nH]n3)CC(F)(F)C2)c2n(c1C(=O)Nc1ccnc(C(C)F)c1F)CCC2.Cc1c(C(=O)C(=O)NC2(c3nncs3)CC2)c2n(c1C(=O)Nc1ccnc(C(C)F)c1)[C@@H]1C[C@@H]1C2.Cc1ccc(NC(=O)c2c(C)c(C(=O)C(=O)NC3(c4nncs4)CC3)c3n2[C@@H]2C[C@@H]2C3)cc1F. The van der Waals surface area contributed by atoms with Gasteiger partial charge in [0.25, 0.3) is 82.2 Å². The van der Waals surface area contributed by atoms with Gasteiger partial charge in [-0.05, 0) is 220 Å². The molecule has 8 amide bonds. The summed E-state index contributed by atoms with van der Waals surface area (Å²) in [6.07, 6.45) is 11.5. The van der Waals surface area contributed by atoms with Crippen molar-refractivity contribution in [3.63, 3.8) is 0 Å². The Labute approximate surface area is 805 Å². The highest BCUT2D eigenvalue weighted by atomic mass is 35.5. The molecule has 6 saturated carbocycles. The van der Waals surface area contributed by atoms with Gasteiger partial charge in [-0.15, -0.1) is 49.5 Å². The number of hydrogen-bond donors (Lipinski definition) is 9. The second-order valence-electron chi connectivity index (χ2n) is 37.3. The molecule has 11 aromatic rings. The molecule has 6 fully saturated rings. The number of amides is 8. The minimum Gasteiger partial charge on any atom is -0.340 e. The Morgan fingerprint density at radius 2 is 0.957 bits per heavy atom. The molecule has 44 heteroatoms. The molecule has 9 aromatic heterocycles. The minimum absolute atomic E-state index is 0.0141. The number of aromatic nitrogens is 13. The van der Waals surface area contributed by atoms with Crippen LogP contribution in [-0.2, 0) is 74.6 Å². The van der Waals surface area contributed by atoms with Gasteiger partial charge in [0.15, 0.2) is 5.82 Å². The van der Waals surface area contributed by atoms with E-state index in [2.05, 4.69) is 94.2 Å². The van der Waals surface area contributed by atoms with Crippen molar-refractivity contribution in [2.45, 2.75) is 230 Å². The second-order valence-corrected chi connectivity index (χ2v) is 39.4. The molecule has 6 aliphatic carbocycles. The third-order valence-corrected chi connectivity index (χ3v) is 29.8. The number of benzene rings is 2. The van der Waals surface area contributed by atoms with Crippen LogP contribution in [0.25, 0.3) is 0 Å². The first-order valence-electron chi connectivity index (χ1n) is 45.2. The molecule has 33 nitrogen and oxygen atoms in total. The molecule has 10 aliphatic rings. The summed E-state index contributed by atoms with van der Waals surface area (Å²) in [5, 5.41) is 48.7. The molecule has 6 atom stereocenters. The van der Waals surface area contributed by atoms with Gasteiger partial charge in [-0.3, -0.25) is 67.5 Å². The van der Waals surface area contributed by atoms with Crippen molar-refractivity contribution in [1.29, 1.82) is 0 Å². The van der Waals surface area contributed by atoms with Gasteiger partial charge in [0, 0.05) is 108 Å². The maximum absolute atomic E-state index is 14.7. The molecular weight excluding hydrogens is 1890 g/mol. The summed E-state index contributed by atoms with van der Waals surface area (Å²) >= 11 is 8.84. The summed E-state index contributed by atoms with van der Waals surface area (Å²) in [6.45, 7) is 13.3. The number of rotatable bonds is 25. The summed E-state index contributed by atoms with van der Waals surface area (Å²) in [5.41, 5.74) is 6.76. The Hall–Kier alpha value is -14.2. The Morgan fingerprint density at radius 1 is 0.521 bits per heavy atom. The molecule has 9 N–H and O–H groups in total. The van der Waals surface area contributed by atoms with Gasteiger partial charge in [0.1, 0.15) is 78.9 Å². The van der Waals surface area contributed by atoms with Crippen molar-refractivity contribution in [2.24, 2.45) is 11.8 Å². The van der Waals surface area contributed by atoms with E-state index in [0.717, 1.165) is 42.9 Å². The van der Waals surface area contributed by atoms with E-state index in [4.69, 9.17) is 18.0 Å². The number of fused-ring (bicyclic) bond motifs is 8. The summed E-state index contributed by atoms with van der Waals surface area (Å²) in [6, 6.07) is 14.2. The lowest BCUT2D eigenvalue weighted by Crippen LogP contribution is -2.62. The van der Waals surface area contributed by atoms with Crippen LogP contribution >= 0.6 is 34.3 Å². The molecule has 0 saturated heterocycles. The minimum atomic E-state index is -3.05. The molecule has 21 rings (SSSR count). The van der Waals surface area contributed by atoms with Gasteiger partial charge in [-0.25, -0.2) is 35.1 Å². The monoisotopic (exact) mass is 1980 g/mol. The quantitative estimate of drug-likeness (QED) is 0.0111. The van der Waals surface area contributed by atoms with Crippen molar-refractivity contribution in [3.8, 4) is 12.3 Å².